The number of anilines is 3. The van der Waals surface area contributed by atoms with Gasteiger partial charge in [-0.15, -0.1) is 0 Å². The molecule has 0 saturated carbocycles. The van der Waals surface area contributed by atoms with E-state index in [-0.39, 0.29) is 24.3 Å². The first kappa shape index (κ1) is 19.4. The molecule has 0 bridgehead atoms. The van der Waals surface area contributed by atoms with Crippen LogP contribution < -0.4 is 20.9 Å². The summed E-state index contributed by atoms with van der Waals surface area (Å²) in [6.07, 6.45) is 1.49. The maximum Gasteiger partial charge on any atom is 0.251 e. The topological polar surface area (TPSA) is 90.5 Å². The molecule has 0 radical (unpaired) electrons. The van der Waals surface area contributed by atoms with Crippen LogP contribution in [0.1, 0.15) is 30.1 Å². The molecule has 146 valence electrons. The Morgan fingerprint density at radius 1 is 1.07 bits per heavy atom. The summed E-state index contributed by atoms with van der Waals surface area (Å²) in [5.74, 6) is -0.241. The van der Waals surface area contributed by atoms with Crippen LogP contribution in [0.15, 0.2) is 48.5 Å². The van der Waals surface area contributed by atoms with Gasteiger partial charge in [0.25, 0.3) is 5.91 Å². The van der Waals surface area contributed by atoms with Gasteiger partial charge in [0.15, 0.2) is 0 Å². The van der Waals surface area contributed by atoms with Crippen LogP contribution in [0.2, 0.25) is 0 Å². The molecule has 7 heteroatoms. The van der Waals surface area contributed by atoms with Crippen molar-refractivity contribution in [3.05, 3.63) is 54.1 Å². The number of hydrogen-bond acceptors (Lipinski definition) is 4. The Morgan fingerprint density at radius 3 is 2.54 bits per heavy atom. The van der Waals surface area contributed by atoms with Crippen LogP contribution in [-0.2, 0) is 9.59 Å². The molecule has 0 atom stereocenters. The monoisotopic (exact) mass is 380 g/mol. The molecule has 0 unspecified atom stereocenters. The van der Waals surface area contributed by atoms with E-state index in [0.29, 0.717) is 24.2 Å². The zero-order chi connectivity index (χ0) is 19.9. The standard InChI is InChI=1S/C21H24N4O3/c1-2-22-21(28)15-5-3-6-17(13-15)24-19(26)14-23-16-8-10-18(11-9-16)25-12-4-7-20(25)27/h3,5-6,8-11,13,23H,2,4,7,12,14H2,1H3,(H,22,28)(H,24,26). The summed E-state index contributed by atoms with van der Waals surface area (Å²) in [7, 11) is 0. The smallest absolute Gasteiger partial charge is 0.251 e. The Hall–Kier alpha value is -3.35. The third-order valence-electron chi connectivity index (χ3n) is 4.45. The van der Waals surface area contributed by atoms with Crippen LogP contribution in [-0.4, -0.2) is 37.4 Å². The lowest BCUT2D eigenvalue weighted by atomic mass is 10.2. The van der Waals surface area contributed by atoms with E-state index >= 15 is 0 Å². The van der Waals surface area contributed by atoms with Crippen LogP contribution >= 0.6 is 0 Å². The predicted octanol–water partition coefficient (Wildman–Crippen LogP) is 2.61. The largest absolute Gasteiger partial charge is 0.376 e. The quantitative estimate of drug-likeness (QED) is 0.689. The van der Waals surface area contributed by atoms with E-state index in [9.17, 15) is 14.4 Å². The van der Waals surface area contributed by atoms with Crippen molar-refractivity contribution in [1.82, 2.24) is 5.32 Å². The summed E-state index contributed by atoms with van der Waals surface area (Å²) in [5, 5.41) is 8.56. The van der Waals surface area contributed by atoms with E-state index in [1.807, 2.05) is 31.2 Å². The average molecular weight is 380 g/mol. The maximum atomic E-state index is 12.2. The van der Waals surface area contributed by atoms with Gasteiger partial charge in [0.2, 0.25) is 11.8 Å². The van der Waals surface area contributed by atoms with Gasteiger partial charge in [-0.1, -0.05) is 6.07 Å². The number of hydrogen-bond donors (Lipinski definition) is 3. The Morgan fingerprint density at radius 2 is 1.86 bits per heavy atom. The van der Waals surface area contributed by atoms with Gasteiger partial charge in [-0.05, 0) is 55.8 Å². The lowest BCUT2D eigenvalue weighted by molar-refractivity contribution is -0.117. The third-order valence-corrected chi connectivity index (χ3v) is 4.45. The average Bonchev–Trinajstić information content (AvgIpc) is 3.13. The van der Waals surface area contributed by atoms with E-state index in [2.05, 4.69) is 16.0 Å². The van der Waals surface area contributed by atoms with Crippen molar-refractivity contribution in [2.75, 3.05) is 35.2 Å². The highest BCUT2D eigenvalue weighted by molar-refractivity contribution is 5.98. The zero-order valence-corrected chi connectivity index (χ0v) is 15.8. The van der Waals surface area contributed by atoms with Crippen LogP contribution in [0, 0.1) is 0 Å². The van der Waals surface area contributed by atoms with Crippen LogP contribution in [0.3, 0.4) is 0 Å². The van der Waals surface area contributed by atoms with Gasteiger partial charge in [-0.25, -0.2) is 0 Å². The molecule has 3 N–H and O–H groups in total. The SMILES string of the molecule is CCNC(=O)c1cccc(NC(=O)CNc2ccc(N3CCCC3=O)cc2)c1. The molecule has 1 heterocycles. The summed E-state index contributed by atoms with van der Waals surface area (Å²) in [6.45, 7) is 3.24. The molecule has 1 saturated heterocycles. The summed E-state index contributed by atoms with van der Waals surface area (Å²) in [4.78, 5) is 37.6. The van der Waals surface area contributed by atoms with Gasteiger partial charge in [0, 0.05) is 42.1 Å². The second-order valence-electron chi connectivity index (χ2n) is 6.54. The van der Waals surface area contributed by atoms with E-state index in [0.717, 1.165) is 24.3 Å². The minimum absolute atomic E-state index is 0.0907. The highest BCUT2D eigenvalue weighted by atomic mass is 16.2. The van der Waals surface area contributed by atoms with Crippen LogP contribution in [0.25, 0.3) is 0 Å². The zero-order valence-electron chi connectivity index (χ0n) is 15.8. The maximum absolute atomic E-state index is 12.2. The van der Waals surface area contributed by atoms with E-state index < -0.39 is 0 Å². The molecule has 0 aromatic heterocycles. The second kappa shape index (κ2) is 9.03. The lowest BCUT2D eigenvalue weighted by Gasteiger charge is -2.16. The fourth-order valence-corrected chi connectivity index (χ4v) is 3.07. The summed E-state index contributed by atoms with van der Waals surface area (Å²) in [6, 6.07) is 14.3. The van der Waals surface area contributed by atoms with Gasteiger partial charge < -0.3 is 20.9 Å². The van der Waals surface area contributed by atoms with E-state index in [4.69, 9.17) is 0 Å². The van der Waals surface area contributed by atoms with Crippen molar-refractivity contribution in [2.45, 2.75) is 19.8 Å². The van der Waals surface area contributed by atoms with Crippen molar-refractivity contribution in [3.8, 4) is 0 Å². The molecular weight excluding hydrogens is 356 g/mol. The molecule has 2 aromatic carbocycles. The summed E-state index contributed by atoms with van der Waals surface area (Å²) >= 11 is 0. The summed E-state index contributed by atoms with van der Waals surface area (Å²) < 4.78 is 0. The van der Waals surface area contributed by atoms with Crippen molar-refractivity contribution < 1.29 is 14.4 Å². The molecule has 3 amide bonds. The number of amides is 3. The fraction of sp³-hybridized carbons (Fsp3) is 0.286. The molecule has 1 aliphatic rings. The molecular formula is C21H24N4O3. The first-order valence-corrected chi connectivity index (χ1v) is 9.39. The number of nitrogens with zero attached hydrogens (tertiary/aromatic N) is 1. The number of rotatable bonds is 7. The predicted molar refractivity (Wildman–Crippen MR) is 110 cm³/mol. The van der Waals surface area contributed by atoms with Crippen molar-refractivity contribution >= 4 is 34.8 Å². The molecule has 1 aliphatic heterocycles. The van der Waals surface area contributed by atoms with Crippen LogP contribution in [0.5, 0.6) is 0 Å². The first-order chi connectivity index (χ1) is 13.6. The van der Waals surface area contributed by atoms with Crippen molar-refractivity contribution in [2.24, 2.45) is 0 Å². The Labute approximate surface area is 164 Å². The minimum atomic E-state index is -0.216. The third kappa shape index (κ3) is 4.88. The van der Waals surface area contributed by atoms with Crippen LogP contribution in [0.4, 0.5) is 17.1 Å². The van der Waals surface area contributed by atoms with Gasteiger partial charge in [0.1, 0.15) is 0 Å². The Kier molecular flexibility index (Phi) is 6.26. The first-order valence-electron chi connectivity index (χ1n) is 9.39. The Balaban J connectivity index is 1.52. The number of carbonyl (C=O) groups excluding carboxylic acids is 3. The van der Waals surface area contributed by atoms with Crippen molar-refractivity contribution in [1.29, 1.82) is 0 Å². The fourth-order valence-electron chi connectivity index (χ4n) is 3.07. The number of benzene rings is 2. The second-order valence-corrected chi connectivity index (χ2v) is 6.54. The summed E-state index contributed by atoms with van der Waals surface area (Å²) in [5.41, 5.74) is 2.74. The highest BCUT2D eigenvalue weighted by Gasteiger charge is 2.21. The van der Waals surface area contributed by atoms with Gasteiger partial charge in [-0.3, -0.25) is 14.4 Å². The Bertz CT molecular complexity index is 864. The molecule has 1 fully saturated rings. The molecule has 28 heavy (non-hydrogen) atoms. The minimum Gasteiger partial charge on any atom is -0.376 e. The highest BCUT2D eigenvalue weighted by Crippen LogP contribution is 2.23. The van der Waals surface area contributed by atoms with E-state index in [1.54, 1.807) is 29.2 Å². The number of nitrogens with one attached hydrogen (secondary N) is 3. The molecule has 7 nitrogen and oxygen atoms in total. The molecule has 0 aliphatic carbocycles. The molecule has 0 spiro atoms. The van der Waals surface area contributed by atoms with Gasteiger partial charge in [-0.2, -0.15) is 0 Å². The van der Waals surface area contributed by atoms with E-state index in [1.165, 1.54) is 0 Å². The molecule has 2 aromatic rings. The van der Waals surface area contributed by atoms with Gasteiger partial charge >= 0.3 is 0 Å². The normalized spacial score (nSPS) is 13.3. The number of carbonyl (C=O) groups is 3. The molecule has 3 rings (SSSR count). The lowest BCUT2D eigenvalue weighted by Crippen LogP contribution is -2.24. The van der Waals surface area contributed by atoms with Crippen molar-refractivity contribution in [3.63, 3.8) is 0 Å². The van der Waals surface area contributed by atoms with Gasteiger partial charge in [0.05, 0.1) is 6.54 Å².